The molecule has 0 saturated carbocycles. The Morgan fingerprint density at radius 2 is 1.46 bits per heavy atom. The topological polar surface area (TPSA) is 205 Å². The van der Waals surface area contributed by atoms with Crippen molar-refractivity contribution in [2.24, 2.45) is 5.73 Å². The van der Waals surface area contributed by atoms with Gasteiger partial charge in [-0.05, 0) is 73.2 Å². The third-order valence-corrected chi connectivity index (χ3v) is 12.2. The molecule has 2 atom stereocenters. The van der Waals surface area contributed by atoms with E-state index in [4.69, 9.17) is 48.7 Å². The number of aryl methyl sites for hydroxylation is 2. The molecule has 2 aromatic carbocycles. The second-order valence-corrected chi connectivity index (χ2v) is 16.1. The minimum absolute atomic E-state index is 0.0230. The molecule has 3 aliphatic heterocycles. The normalized spacial score (nSPS) is 18.1. The maximum Gasteiger partial charge on any atom is 0.347 e. The summed E-state index contributed by atoms with van der Waals surface area (Å²) >= 11 is 0. The van der Waals surface area contributed by atoms with Gasteiger partial charge in [-0.15, -0.1) is 0 Å². The number of hydrogen-bond acceptors (Lipinski definition) is 16. The van der Waals surface area contributed by atoms with Gasteiger partial charge in [0.05, 0.1) is 65.5 Å². The smallest absolute Gasteiger partial charge is 0.347 e. The summed E-state index contributed by atoms with van der Waals surface area (Å²) in [5.41, 5.74) is 8.65. The molecule has 3 aliphatic rings. The lowest BCUT2D eigenvalue weighted by Crippen LogP contribution is -2.44. The molecular formula is C46H51N9O8. The van der Waals surface area contributed by atoms with Crippen LogP contribution in [0.15, 0.2) is 73.2 Å². The third kappa shape index (κ3) is 8.68. The van der Waals surface area contributed by atoms with Gasteiger partial charge < -0.3 is 43.9 Å². The Bertz CT molecular complexity index is 2790. The molecule has 7 heterocycles. The minimum Gasteiger partial charge on any atom is -0.497 e. The van der Waals surface area contributed by atoms with E-state index in [1.807, 2.05) is 50.2 Å². The molecule has 3 fully saturated rings. The molecule has 3 saturated heterocycles. The zero-order valence-corrected chi connectivity index (χ0v) is 35.7. The Hall–Kier alpha value is -6.43. The second-order valence-electron chi connectivity index (χ2n) is 16.1. The Labute approximate surface area is 363 Å². The van der Waals surface area contributed by atoms with Crippen molar-refractivity contribution >= 4 is 39.3 Å². The fraction of sp³-hybridized carbons (Fsp3) is 0.413. The van der Waals surface area contributed by atoms with Gasteiger partial charge in [-0.2, -0.15) is 0 Å². The highest BCUT2D eigenvalue weighted by molar-refractivity contribution is 5.86. The number of benzene rings is 2. The first kappa shape index (κ1) is 41.9. The molecule has 0 radical (unpaired) electrons. The lowest BCUT2D eigenvalue weighted by molar-refractivity contribution is -0.117. The van der Waals surface area contributed by atoms with Crippen molar-refractivity contribution in [3.63, 3.8) is 0 Å². The number of anilines is 2. The first-order valence-corrected chi connectivity index (χ1v) is 21.6. The largest absolute Gasteiger partial charge is 0.497 e. The molecule has 3 N–H and O–H groups in total. The summed E-state index contributed by atoms with van der Waals surface area (Å²) in [5, 5.41) is 4.03. The molecule has 0 unspecified atom stereocenters. The number of aromatic nitrogens is 4. The summed E-state index contributed by atoms with van der Waals surface area (Å²) in [4.78, 5) is 65.2. The highest BCUT2D eigenvalue weighted by Gasteiger charge is 2.32. The fourth-order valence-electron chi connectivity index (χ4n) is 8.98. The van der Waals surface area contributed by atoms with Gasteiger partial charge in [-0.1, -0.05) is 13.8 Å². The van der Waals surface area contributed by atoms with E-state index >= 15 is 0 Å². The first-order valence-electron chi connectivity index (χ1n) is 21.6. The standard InChI is InChI=1S/C46H51N9O8/c1-4-27-19-32(59-3)21-36-39(27)45(57)63-44(51-36)35-9-8-30(50-42(35)54-13-10-29(24-54)49-23-38(47)56)26-61-33-20-28(5-2)40-37(22-33)52-43(62-46(40)58)34-7-6-12-48-41(34)55-14-11-31(25-55)53-15-17-60-18-16-53/h6-9,12,19-22,29,31,49H,4-5,10-11,13-18,23-26H2,1-3H3,(H2,47,56)/t29-,31-/m1/s1. The third-order valence-electron chi connectivity index (χ3n) is 12.2. The average Bonchev–Trinajstić information content (AvgIpc) is 4.01. The van der Waals surface area contributed by atoms with E-state index in [0.29, 0.717) is 87.9 Å². The number of ether oxygens (including phenoxy) is 3. The lowest BCUT2D eigenvalue weighted by atomic mass is 10.1. The zero-order chi connectivity index (χ0) is 43.6. The number of nitrogens with zero attached hydrogens (tertiary/aromatic N) is 7. The number of hydrogen-bond donors (Lipinski definition) is 2. The van der Waals surface area contributed by atoms with Crippen LogP contribution in [0.25, 0.3) is 44.7 Å². The van der Waals surface area contributed by atoms with Gasteiger partial charge >= 0.3 is 11.3 Å². The maximum atomic E-state index is 13.7. The number of primary amides is 1. The van der Waals surface area contributed by atoms with Crippen molar-refractivity contribution in [2.45, 2.75) is 58.2 Å². The van der Waals surface area contributed by atoms with Crippen LogP contribution in [0.2, 0.25) is 0 Å². The summed E-state index contributed by atoms with van der Waals surface area (Å²) in [6.07, 6.45) is 4.62. The number of fused-ring (bicyclic) bond motifs is 2. The van der Waals surface area contributed by atoms with Crippen LogP contribution in [-0.4, -0.2) is 109 Å². The van der Waals surface area contributed by atoms with Crippen LogP contribution in [0.3, 0.4) is 0 Å². The molecular weight excluding hydrogens is 807 g/mol. The van der Waals surface area contributed by atoms with E-state index in [9.17, 15) is 14.4 Å². The lowest BCUT2D eigenvalue weighted by Gasteiger charge is -2.32. The SMILES string of the molecule is CCc1cc(OCc2ccc(-c3nc4cc(OC)cc(CC)c4c(=O)o3)c(N3CC[C@@H](NCC(N)=O)C3)n2)cc2nc(-c3cccnc3N3CC[C@@H](N4CCOCC4)C3)oc(=O)c12. The number of nitrogens with one attached hydrogen (secondary N) is 1. The molecule has 17 heteroatoms. The monoisotopic (exact) mass is 857 g/mol. The Morgan fingerprint density at radius 1 is 0.810 bits per heavy atom. The van der Waals surface area contributed by atoms with Gasteiger partial charge in [-0.3, -0.25) is 9.69 Å². The average molecular weight is 858 g/mol. The summed E-state index contributed by atoms with van der Waals surface area (Å²) in [7, 11) is 1.58. The van der Waals surface area contributed by atoms with Gasteiger partial charge in [0.15, 0.2) is 0 Å². The summed E-state index contributed by atoms with van der Waals surface area (Å²) in [6, 6.07) is 14.9. The minimum atomic E-state index is -0.502. The summed E-state index contributed by atoms with van der Waals surface area (Å²) < 4.78 is 29.4. The fourth-order valence-corrected chi connectivity index (χ4v) is 8.98. The first-order chi connectivity index (χ1) is 30.7. The number of amides is 1. The second kappa shape index (κ2) is 18.1. The van der Waals surface area contributed by atoms with Crippen molar-refractivity contribution in [3.8, 4) is 34.4 Å². The van der Waals surface area contributed by atoms with Crippen LogP contribution in [0.1, 0.15) is 43.5 Å². The number of carbonyl (C=O) groups is 1. The van der Waals surface area contributed by atoms with Crippen molar-refractivity contribution in [2.75, 3.05) is 75.9 Å². The van der Waals surface area contributed by atoms with E-state index in [-0.39, 0.29) is 31.0 Å². The number of carbonyl (C=O) groups excluding carboxylic acids is 1. The molecule has 0 spiro atoms. The van der Waals surface area contributed by atoms with Crippen LogP contribution in [0.4, 0.5) is 11.6 Å². The predicted octanol–water partition coefficient (Wildman–Crippen LogP) is 4.09. The van der Waals surface area contributed by atoms with Crippen LogP contribution in [0.5, 0.6) is 11.5 Å². The molecule has 0 aliphatic carbocycles. The van der Waals surface area contributed by atoms with Crippen molar-refractivity contribution < 1.29 is 27.8 Å². The van der Waals surface area contributed by atoms with Crippen molar-refractivity contribution in [3.05, 3.63) is 92.4 Å². The van der Waals surface area contributed by atoms with Crippen molar-refractivity contribution in [1.82, 2.24) is 30.2 Å². The number of pyridine rings is 2. The van der Waals surface area contributed by atoms with Gasteiger partial charge in [-0.25, -0.2) is 29.5 Å². The molecule has 0 bridgehead atoms. The van der Waals surface area contributed by atoms with Gasteiger partial charge in [0.2, 0.25) is 17.7 Å². The highest BCUT2D eigenvalue weighted by Crippen LogP contribution is 2.35. The zero-order valence-electron chi connectivity index (χ0n) is 35.7. The molecule has 6 aromatic rings. The van der Waals surface area contributed by atoms with Gasteiger partial charge in [0, 0.05) is 69.7 Å². The molecule has 17 nitrogen and oxygen atoms in total. The highest BCUT2D eigenvalue weighted by atomic mass is 16.5. The van der Waals surface area contributed by atoms with Crippen LogP contribution < -0.4 is 41.6 Å². The maximum absolute atomic E-state index is 13.7. The number of methoxy groups -OCH3 is 1. The van der Waals surface area contributed by atoms with Crippen LogP contribution >= 0.6 is 0 Å². The summed E-state index contributed by atoms with van der Waals surface area (Å²) in [6.45, 7) is 10.1. The molecule has 1 amide bonds. The van der Waals surface area contributed by atoms with E-state index < -0.39 is 17.2 Å². The van der Waals surface area contributed by atoms with Gasteiger partial charge in [0.25, 0.3) is 0 Å². The summed E-state index contributed by atoms with van der Waals surface area (Å²) in [5.74, 6) is 2.25. The molecule has 63 heavy (non-hydrogen) atoms. The Morgan fingerprint density at radius 3 is 2.14 bits per heavy atom. The van der Waals surface area contributed by atoms with E-state index in [1.165, 1.54) is 0 Å². The van der Waals surface area contributed by atoms with E-state index in [0.717, 1.165) is 69.2 Å². The van der Waals surface area contributed by atoms with Crippen LogP contribution in [0, 0.1) is 0 Å². The van der Waals surface area contributed by atoms with Gasteiger partial charge in [0.1, 0.15) is 29.7 Å². The van der Waals surface area contributed by atoms with Crippen LogP contribution in [-0.2, 0) is 29.0 Å². The quantitative estimate of drug-likeness (QED) is 0.158. The van der Waals surface area contributed by atoms with Crippen molar-refractivity contribution in [1.29, 1.82) is 0 Å². The molecule has 9 rings (SSSR count). The van der Waals surface area contributed by atoms with E-state index in [1.54, 1.807) is 25.4 Å². The molecule has 328 valence electrons. The Balaban J connectivity index is 1.02. The number of morpholine rings is 1. The van der Waals surface area contributed by atoms with E-state index in [2.05, 4.69) is 20.0 Å². The number of rotatable bonds is 14. The predicted molar refractivity (Wildman–Crippen MR) is 237 cm³/mol. The molecule has 4 aromatic heterocycles. The number of nitrogens with two attached hydrogens (primary N) is 1. The Kier molecular flexibility index (Phi) is 12.0.